The fraction of sp³-hybridized carbons (Fsp3) is 0.120. The zero-order valence-electron chi connectivity index (χ0n) is 18.7. The Morgan fingerprint density at radius 1 is 1.18 bits per heavy atom. The van der Waals surface area contributed by atoms with Crippen LogP contribution in [0.3, 0.4) is 0 Å². The SMILES string of the molecule is COc1ccc(-[n+]2c(SCC(=O)N/N=C/c3cccc([O-])c3)n[nH]c2-c2ccc(C)cc2)cc1. The molecule has 0 saturated heterocycles. The van der Waals surface area contributed by atoms with Crippen molar-refractivity contribution in [2.75, 3.05) is 12.9 Å². The van der Waals surface area contributed by atoms with Crippen LogP contribution in [0, 0.1) is 6.92 Å². The monoisotopic (exact) mass is 473 g/mol. The molecule has 1 heterocycles. The second-order valence-corrected chi connectivity index (χ2v) is 8.35. The molecular weight excluding hydrogens is 450 g/mol. The lowest BCUT2D eigenvalue weighted by Gasteiger charge is -2.06. The number of hydrazone groups is 1. The number of rotatable bonds is 8. The lowest BCUT2D eigenvalue weighted by atomic mass is 10.1. The van der Waals surface area contributed by atoms with E-state index in [9.17, 15) is 9.90 Å². The summed E-state index contributed by atoms with van der Waals surface area (Å²) in [5.74, 6) is 1.24. The maximum atomic E-state index is 12.3. The Kier molecular flexibility index (Phi) is 7.24. The maximum absolute atomic E-state index is 12.3. The van der Waals surface area contributed by atoms with Gasteiger partial charge in [0.2, 0.25) is 0 Å². The molecule has 34 heavy (non-hydrogen) atoms. The van der Waals surface area contributed by atoms with E-state index in [1.165, 1.54) is 30.1 Å². The number of hydrogen-bond donors (Lipinski definition) is 2. The third-order valence-electron chi connectivity index (χ3n) is 4.92. The molecule has 172 valence electrons. The van der Waals surface area contributed by atoms with Crippen molar-refractivity contribution in [2.24, 2.45) is 5.10 Å². The van der Waals surface area contributed by atoms with Crippen LogP contribution in [-0.4, -0.2) is 35.2 Å². The molecule has 0 spiro atoms. The average Bonchev–Trinajstić information content (AvgIpc) is 3.27. The minimum atomic E-state index is -0.291. The molecule has 0 bridgehead atoms. The zero-order chi connectivity index (χ0) is 23.9. The van der Waals surface area contributed by atoms with E-state index in [-0.39, 0.29) is 17.4 Å². The number of aryl methyl sites for hydroxylation is 1. The first-order chi connectivity index (χ1) is 16.5. The summed E-state index contributed by atoms with van der Waals surface area (Å²) in [6, 6.07) is 22.0. The maximum Gasteiger partial charge on any atom is 0.342 e. The van der Waals surface area contributed by atoms with Crippen LogP contribution in [0.25, 0.3) is 17.1 Å². The summed E-state index contributed by atoms with van der Waals surface area (Å²) in [5.41, 5.74) is 6.11. The van der Waals surface area contributed by atoms with Crippen LogP contribution in [0.4, 0.5) is 0 Å². The smallest absolute Gasteiger partial charge is 0.342 e. The lowest BCUT2D eigenvalue weighted by molar-refractivity contribution is -0.625. The third kappa shape index (κ3) is 5.62. The summed E-state index contributed by atoms with van der Waals surface area (Å²) < 4.78 is 7.24. The number of aromatic amines is 1. The van der Waals surface area contributed by atoms with Gasteiger partial charge in [0.05, 0.1) is 29.7 Å². The topological polar surface area (TPSA) is 106 Å². The highest BCUT2D eigenvalue weighted by molar-refractivity contribution is 7.99. The van der Waals surface area contributed by atoms with E-state index >= 15 is 0 Å². The minimum absolute atomic E-state index is 0.104. The van der Waals surface area contributed by atoms with Crippen molar-refractivity contribution < 1.29 is 19.2 Å². The van der Waals surface area contributed by atoms with Crippen LogP contribution in [0.2, 0.25) is 0 Å². The number of methoxy groups -OCH3 is 1. The number of benzene rings is 3. The Hall–Kier alpha value is -4.11. The van der Waals surface area contributed by atoms with Crippen molar-refractivity contribution in [3.8, 4) is 28.6 Å². The first kappa shape index (κ1) is 23.1. The van der Waals surface area contributed by atoms with Crippen molar-refractivity contribution in [1.82, 2.24) is 15.6 Å². The van der Waals surface area contributed by atoms with Gasteiger partial charge in [-0.2, -0.15) is 9.67 Å². The van der Waals surface area contributed by atoms with Gasteiger partial charge in [-0.05, 0) is 60.6 Å². The van der Waals surface area contributed by atoms with E-state index in [0.29, 0.717) is 10.7 Å². The Labute approximate surface area is 201 Å². The molecule has 0 unspecified atom stereocenters. The number of aromatic nitrogens is 3. The number of nitrogens with one attached hydrogen (secondary N) is 2. The fourth-order valence-corrected chi connectivity index (χ4v) is 3.97. The van der Waals surface area contributed by atoms with Crippen molar-refractivity contribution >= 4 is 23.9 Å². The van der Waals surface area contributed by atoms with Crippen LogP contribution in [-0.2, 0) is 4.79 Å². The lowest BCUT2D eigenvalue weighted by Crippen LogP contribution is -2.34. The van der Waals surface area contributed by atoms with Gasteiger partial charge in [0, 0.05) is 0 Å². The zero-order valence-corrected chi connectivity index (χ0v) is 19.5. The van der Waals surface area contributed by atoms with Crippen LogP contribution in [0.5, 0.6) is 11.5 Å². The molecule has 8 nitrogen and oxygen atoms in total. The number of carbonyl (C=O) groups is 1. The molecule has 0 saturated carbocycles. The van der Waals surface area contributed by atoms with Gasteiger partial charge >= 0.3 is 5.16 Å². The molecule has 0 aliphatic heterocycles. The largest absolute Gasteiger partial charge is 0.872 e. The number of H-pyrrole nitrogens is 1. The number of ether oxygens (including phenoxy) is 1. The molecule has 0 aliphatic rings. The van der Waals surface area contributed by atoms with Gasteiger partial charge in [0.1, 0.15) is 11.4 Å². The van der Waals surface area contributed by atoms with E-state index in [1.807, 2.05) is 60.0 Å². The summed E-state index contributed by atoms with van der Waals surface area (Å²) in [4.78, 5) is 12.3. The number of amides is 1. The number of carbonyl (C=O) groups excluding carboxylic acids is 1. The van der Waals surface area contributed by atoms with E-state index in [0.717, 1.165) is 28.4 Å². The Balaban J connectivity index is 1.52. The summed E-state index contributed by atoms with van der Waals surface area (Å²) in [6.45, 7) is 2.04. The van der Waals surface area contributed by atoms with Gasteiger partial charge in [-0.3, -0.25) is 4.79 Å². The predicted molar refractivity (Wildman–Crippen MR) is 129 cm³/mol. The quantitative estimate of drug-likeness (QED) is 0.177. The molecule has 0 atom stereocenters. The molecule has 4 aromatic rings. The summed E-state index contributed by atoms with van der Waals surface area (Å²) in [7, 11) is 1.62. The van der Waals surface area contributed by atoms with Crippen LogP contribution < -0.4 is 19.8 Å². The Morgan fingerprint density at radius 3 is 2.65 bits per heavy atom. The molecule has 3 aromatic carbocycles. The molecule has 1 amide bonds. The van der Waals surface area contributed by atoms with E-state index in [1.54, 1.807) is 19.2 Å². The normalized spacial score (nSPS) is 11.0. The minimum Gasteiger partial charge on any atom is -0.872 e. The van der Waals surface area contributed by atoms with Crippen molar-refractivity contribution in [3.05, 3.63) is 83.9 Å². The van der Waals surface area contributed by atoms with Gasteiger partial charge in [0.15, 0.2) is 0 Å². The molecule has 0 radical (unpaired) electrons. The first-order valence-electron chi connectivity index (χ1n) is 10.5. The Morgan fingerprint density at radius 2 is 1.94 bits per heavy atom. The van der Waals surface area contributed by atoms with Crippen molar-refractivity contribution in [1.29, 1.82) is 0 Å². The Bertz CT molecular complexity index is 1300. The number of nitrogens with zero attached hydrogens (tertiary/aromatic N) is 3. The van der Waals surface area contributed by atoms with Crippen LogP contribution in [0.15, 0.2) is 83.1 Å². The number of thioether (sulfide) groups is 1. The van der Waals surface area contributed by atoms with Crippen LogP contribution in [0.1, 0.15) is 11.1 Å². The van der Waals surface area contributed by atoms with Crippen molar-refractivity contribution in [2.45, 2.75) is 12.1 Å². The average molecular weight is 474 g/mol. The number of hydrogen-bond acceptors (Lipinski definition) is 6. The summed E-state index contributed by atoms with van der Waals surface area (Å²) >= 11 is 1.28. The fourth-order valence-electron chi connectivity index (χ4n) is 3.21. The predicted octanol–water partition coefficient (Wildman–Crippen LogP) is 2.99. The molecule has 1 aromatic heterocycles. The summed E-state index contributed by atoms with van der Waals surface area (Å²) in [6.07, 6.45) is 1.44. The molecular formula is C25H23N5O3S. The van der Waals surface area contributed by atoms with E-state index < -0.39 is 0 Å². The van der Waals surface area contributed by atoms with Crippen molar-refractivity contribution in [3.63, 3.8) is 0 Å². The molecule has 0 aliphatic carbocycles. The van der Waals surface area contributed by atoms with E-state index in [4.69, 9.17) is 4.74 Å². The molecule has 2 N–H and O–H groups in total. The van der Waals surface area contributed by atoms with Gasteiger partial charge < -0.3 is 9.84 Å². The van der Waals surface area contributed by atoms with Gasteiger partial charge in [0.25, 0.3) is 11.7 Å². The highest BCUT2D eigenvalue weighted by atomic mass is 32.2. The standard InChI is InChI=1S/C25H23N5O3S/c1-17-6-8-19(9-7-17)24-28-29-25(30(24)20-10-12-22(33-2)13-11-20)34-16-23(32)27-26-15-18-4-3-5-21(31)14-18/h3-15H,16H2,1-2H3,(H2,27,31,32)/b26-15+. The van der Waals surface area contributed by atoms with E-state index in [2.05, 4.69) is 20.7 Å². The second kappa shape index (κ2) is 10.7. The highest BCUT2D eigenvalue weighted by Crippen LogP contribution is 2.22. The molecule has 0 fully saturated rings. The highest BCUT2D eigenvalue weighted by Gasteiger charge is 2.24. The second-order valence-electron chi connectivity index (χ2n) is 7.41. The van der Waals surface area contributed by atoms with Gasteiger partial charge in [-0.1, -0.05) is 42.0 Å². The van der Waals surface area contributed by atoms with Gasteiger partial charge in [-0.25, -0.2) is 5.43 Å². The van der Waals surface area contributed by atoms with Gasteiger partial charge in [-0.15, -0.1) is 10.8 Å². The molecule has 9 heteroatoms. The molecule has 4 rings (SSSR count). The summed E-state index contributed by atoms with van der Waals surface area (Å²) in [5, 5.41) is 23.5. The third-order valence-corrected chi connectivity index (χ3v) is 5.86. The van der Waals surface area contributed by atoms with Crippen LogP contribution >= 0.6 is 11.8 Å². The first-order valence-corrected chi connectivity index (χ1v) is 11.5.